The average Bonchev–Trinajstić information content (AvgIpc) is 2.32. The van der Waals surface area contributed by atoms with E-state index in [1.807, 2.05) is 0 Å². The molecule has 0 spiro atoms. The molecule has 0 aliphatic rings. The van der Waals surface area contributed by atoms with Crippen LogP contribution in [0.4, 0.5) is 14.5 Å². The van der Waals surface area contributed by atoms with Gasteiger partial charge in [0.25, 0.3) is 10.0 Å². The molecule has 2 aromatic rings. The van der Waals surface area contributed by atoms with E-state index in [0.717, 1.165) is 0 Å². The van der Waals surface area contributed by atoms with Crippen molar-refractivity contribution < 1.29 is 17.2 Å². The van der Waals surface area contributed by atoms with E-state index < -0.39 is 26.6 Å². The monoisotopic (exact) mass is 337 g/mol. The molecule has 0 fully saturated rings. The van der Waals surface area contributed by atoms with E-state index in [1.54, 1.807) is 0 Å². The van der Waals surface area contributed by atoms with Crippen molar-refractivity contribution >= 4 is 38.9 Å². The molecule has 1 N–H and O–H groups in total. The third kappa shape index (κ3) is 3.39. The highest BCUT2D eigenvalue weighted by molar-refractivity contribution is 7.92. The topological polar surface area (TPSA) is 46.2 Å². The van der Waals surface area contributed by atoms with E-state index >= 15 is 0 Å². The van der Waals surface area contributed by atoms with Crippen LogP contribution >= 0.6 is 23.2 Å². The Bertz CT molecular complexity index is 746. The van der Waals surface area contributed by atoms with Crippen LogP contribution in [0.2, 0.25) is 10.0 Å². The Morgan fingerprint density at radius 1 is 0.900 bits per heavy atom. The van der Waals surface area contributed by atoms with Gasteiger partial charge < -0.3 is 0 Å². The fourth-order valence-corrected chi connectivity index (χ4v) is 2.85. The van der Waals surface area contributed by atoms with Crippen LogP contribution in [0.1, 0.15) is 0 Å². The van der Waals surface area contributed by atoms with Crippen molar-refractivity contribution in [3.8, 4) is 0 Å². The minimum Gasteiger partial charge on any atom is -0.280 e. The molecule has 0 amide bonds. The lowest BCUT2D eigenvalue weighted by molar-refractivity contribution is 0.568. The summed E-state index contributed by atoms with van der Waals surface area (Å²) in [4.78, 5) is -0.527. The van der Waals surface area contributed by atoms with Crippen molar-refractivity contribution in [1.82, 2.24) is 0 Å². The van der Waals surface area contributed by atoms with Gasteiger partial charge in [-0.1, -0.05) is 23.2 Å². The summed E-state index contributed by atoms with van der Waals surface area (Å²) >= 11 is 11.5. The van der Waals surface area contributed by atoms with E-state index in [1.165, 1.54) is 18.2 Å². The number of benzene rings is 2. The third-order valence-corrected chi connectivity index (χ3v) is 4.42. The first-order chi connectivity index (χ1) is 9.28. The predicted molar refractivity (Wildman–Crippen MR) is 73.6 cm³/mol. The normalized spacial score (nSPS) is 11.4. The molecule has 8 heteroatoms. The summed E-state index contributed by atoms with van der Waals surface area (Å²) < 4.78 is 52.2. The fourth-order valence-electron chi connectivity index (χ4n) is 1.46. The first-order valence-corrected chi connectivity index (χ1v) is 7.46. The number of anilines is 1. The van der Waals surface area contributed by atoms with Crippen LogP contribution in [0.15, 0.2) is 41.3 Å². The van der Waals surface area contributed by atoms with Gasteiger partial charge in [-0.3, -0.25) is 4.72 Å². The van der Waals surface area contributed by atoms with Crippen molar-refractivity contribution in [3.05, 3.63) is 58.1 Å². The van der Waals surface area contributed by atoms with Gasteiger partial charge in [-0.25, -0.2) is 17.2 Å². The number of hydrogen-bond acceptors (Lipinski definition) is 2. The summed E-state index contributed by atoms with van der Waals surface area (Å²) in [5.41, 5.74) is 0.129. The molecular formula is C12H7Cl2F2NO2S. The van der Waals surface area contributed by atoms with Crippen LogP contribution in [-0.4, -0.2) is 8.42 Å². The van der Waals surface area contributed by atoms with E-state index in [4.69, 9.17) is 23.2 Å². The molecule has 0 radical (unpaired) electrons. The second kappa shape index (κ2) is 5.55. The zero-order chi connectivity index (χ0) is 14.9. The lowest BCUT2D eigenvalue weighted by atomic mass is 10.3. The van der Waals surface area contributed by atoms with Crippen LogP contribution in [0.5, 0.6) is 0 Å². The van der Waals surface area contributed by atoms with Gasteiger partial charge >= 0.3 is 0 Å². The summed E-state index contributed by atoms with van der Waals surface area (Å²) in [7, 11) is -4.12. The average molecular weight is 338 g/mol. The van der Waals surface area contributed by atoms with E-state index in [0.29, 0.717) is 18.2 Å². The highest BCUT2D eigenvalue weighted by atomic mass is 35.5. The van der Waals surface area contributed by atoms with Gasteiger partial charge in [-0.05, 0) is 30.3 Å². The lowest BCUT2D eigenvalue weighted by Crippen LogP contribution is -2.13. The van der Waals surface area contributed by atoms with Gasteiger partial charge in [-0.15, -0.1) is 0 Å². The van der Waals surface area contributed by atoms with Crippen LogP contribution in [-0.2, 0) is 10.0 Å². The molecular weight excluding hydrogens is 331 g/mol. The number of nitrogens with one attached hydrogen (secondary N) is 1. The van der Waals surface area contributed by atoms with Gasteiger partial charge in [-0.2, -0.15) is 0 Å². The summed E-state index contributed by atoms with van der Waals surface area (Å²) in [6.45, 7) is 0. The van der Waals surface area contributed by atoms with Crippen LogP contribution in [0.3, 0.4) is 0 Å². The Labute approximate surface area is 124 Å². The Hall–Kier alpha value is -1.37. The summed E-state index contributed by atoms with van der Waals surface area (Å²) in [6, 6.07) is 6.07. The molecule has 2 rings (SSSR count). The first kappa shape index (κ1) is 15.0. The molecule has 20 heavy (non-hydrogen) atoms. The second-order valence-corrected chi connectivity index (χ2v) is 6.34. The number of halogens is 4. The Balaban J connectivity index is 2.37. The quantitative estimate of drug-likeness (QED) is 0.917. The maximum Gasteiger partial charge on any atom is 0.262 e. The minimum absolute atomic E-state index is 0.129. The Morgan fingerprint density at radius 3 is 2.05 bits per heavy atom. The Morgan fingerprint density at radius 2 is 1.50 bits per heavy atom. The molecule has 0 heterocycles. The highest BCUT2D eigenvalue weighted by Gasteiger charge is 2.17. The standard InChI is InChI=1S/C12H7Cl2F2NO2S/c13-11-2-1-9(6-12(11)14)17-20(18,19)10-4-7(15)3-8(16)5-10/h1-6,17H. The zero-order valence-electron chi connectivity index (χ0n) is 9.70. The van der Waals surface area contributed by atoms with Crippen molar-refractivity contribution in [2.45, 2.75) is 4.90 Å². The van der Waals surface area contributed by atoms with Gasteiger partial charge in [0, 0.05) is 6.07 Å². The van der Waals surface area contributed by atoms with Crippen molar-refractivity contribution in [3.63, 3.8) is 0 Å². The van der Waals surface area contributed by atoms with E-state index in [9.17, 15) is 17.2 Å². The third-order valence-electron chi connectivity index (χ3n) is 2.32. The van der Waals surface area contributed by atoms with Crippen molar-refractivity contribution in [2.24, 2.45) is 0 Å². The zero-order valence-corrected chi connectivity index (χ0v) is 12.0. The molecule has 0 saturated heterocycles. The van der Waals surface area contributed by atoms with Gasteiger partial charge in [0.1, 0.15) is 11.6 Å². The minimum atomic E-state index is -4.12. The molecule has 0 aromatic heterocycles. The maximum absolute atomic E-state index is 13.0. The van der Waals surface area contributed by atoms with Crippen LogP contribution < -0.4 is 4.72 Å². The fraction of sp³-hybridized carbons (Fsp3) is 0. The summed E-state index contributed by atoms with van der Waals surface area (Å²) in [5, 5.41) is 0.406. The molecule has 106 valence electrons. The van der Waals surface area contributed by atoms with Crippen molar-refractivity contribution in [2.75, 3.05) is 4.72 Å². The SMILES string of the molecule is O=S(=O)(Nc1ccc(Cl)c(Cl)c1)c1cc(F)cc(F)c1. The predicted octanol–water partition coefficient (Wildman–Crippen LogP) is 4.07. The summed E-state index contributed by atoms with van der Waals surface area (Å²) in [5.74, 6) is -1.97. The largest absolute Gasteiger partial charge is 0.280 e. The first-order valence-electron chi connectivity index (χ1n) is 5.22. The summed E-state index contributed by atoms with van der Waals surface area (Å²) in [6.07, 6.45) is 0. The second-order valence-electron chi connectivity index (χ2n) is 3.84. The van der Waals surface area contributed by atoms with Gasteiger partial charge in [0.2, 0.25) is 0 Å². The number of rotatable bonds is 3. The number of sulfonamides is 1. The molecule has 0 bridgehead atoms. The molecule has 0 unspecified atom stereocenters. The highest BCUT2D eigenvalue weighted by Crippen LogP contribution is 2.26. The van der Waals surface area contributed by atoms with Crippen LogP contribution in [0.25, 0.3) is 0 Å². The molecule has 0 atom stereocenters. The van der Waals surface area contributed by atoms with Gasteiger partial charge in [0.15, 0.2) is 0 Å². The molecule has 3 nitrogen and oxygen atoms in total. The Kier molecular flexibility index (Phi) is 4.17. The van der Waals surface area contributed by atoms with Crippen molar-refractivity contribution in [1.29, 1.82) is 0 Å². The molecule has 2 aromatic carbocycles. The van der Waals surface area contributed by atoms with Gasteiger partial charge in [0.05, 0.1) is 20.6 Å². The van der Waals surface area contributed by atoms with E-state index in [-0.39, 0.29) is 15.7 Å². The molecule has 0 saturated carbocycles. The molecule has 0 aliphatic heterocycles. The smallest absolute Gasteiger partial charge is 0.262 e. The number of hydrogen-bond donors (Lipinski definition) is 1. The maximum atomic E-state index is 13.0. The van der Waals surface area contributed by atoms with Crippen LogP contribution in [0, 0.1) is 11.6 Å². The molecule has 0 aliphatic carbocycles. The lowest BCUT2D eigenvalue weighted by Gasteiger charge is -2.09. The van der Waals surface area contributed by atoms with E-state index in [2.05, 4.69) is 4.72 Å².